The second-order valence-corrected chi connectivity index (χ2v) is 6.21. The molecular formula is C17H20BrN2O+. The van der Waals surface area contributed by atoms with E-state index in [2.05, 4.69) is 40.3 Å². The van der Waals surface area contributed by atoms with Crippen molar-refractivity contribution in [1.82, 2.24) is 0 Å². The number of hydrogen-bond acceptors (Lipinski definition) is 1. The van der Waals surface area contributed by atoms with Crippen molar-refractivity contribution in [2.45, 2.75) is 13.5 Å². The molecule has 2 N–H and O–H groups in total. The van der Waals surface area contributed by atoms with Crippen LogP contribution in [-0.2, 0) is 11.3 Å². The monoisotopic (exact) mass is 347 g/mol. The SMILES string of the molecule is Cc1ccccc1C[NH+](C)CC(=O)Nc1cccc(Br)c1. The molecule has 2 aromatic rings. The van der Waals surface area contributed by atoms with Crippen molar-refractivity contribution in [3.63, 3.8) is 0 Å². The van der Waals surface area contributed by atoms with Crippen LogP contribution in [0.4, 0.5) is 5.69 Å². The molecule has 4 heteroatoms. The minimum atomic E-state index is 0.0270. The first kappa shape index (κ1) is 15.7. The van der Waals surface area contributed by atoms with E-state index in [-0.39, 0.29) is 5.91 Å². The third-order valence-corrected chi connectivity index (χ3v) is 3.82. The van der Waals surface area contributed by atoms with E-state index >= 15 is 0 Å². The van der Waals surface area contributed by atoms with Crippen LogP contribution in [0.2, 0.25) is 0 Å². The van der Waals surface area contributed by atoms with Crippen molar-refractivity contribution < 1.29 is 9.69 Å². The molecule has 2 aromatic carbocycles. The zero-order valence-corrected chi connectivity index (χ0v) is 13.9. The Morgan fingerprint density at radius 2 is 1.95 bits per heavy atom. The van der Waals surface area contributed by atoms with Crippen LogP contribution in [-0.4, -0.2) is 19.5 Å². The van der Waals surface area contributed by atoms with E-state index in [4.69, 9.17) is 0 Å². The van der Waals surface area contributed by atoms with Crippen LogP contribution in [0.1, 0.15) is 11.1 Å². The lowest BCUT2D eigenvalue weighted by atomic mass is 10.1. The summed E-state index contributed by atoms with van der Waals surface area (Å²) in [5.74, 6) is 0.0270. The van der Waals surface area contributed by atoms with E-state index < -0.39 is 0 Å². The molecule has 0 fully saturated rings. The largest absolute Gasteiger partial charge is 0.326 e. The number of rotatable bonds is 5. The lowest BCUT2D eigenvalue weighted by Crippen LogP contribution is -3.08. The molecule has 2 rings (SSSR count). The van der Waals surface area contributed by atoms with Crippen LogP contribution in [0.25, 0.3) is 0 Å². The molecule has 0 saturated carbocycles. The van der Waals surface area contributed by atoms with Gasteiger partial charge in [0.05, 0.1) is 7.05 Å². The second kappa shape index (κ2) is 7.38. The molecule has 0 aliphatic heterocycles. The lowest BCUT2D eigenvalue weighted by Gasteiger charge is -2.15. The number of aryl methyl sites for hydroxylation is 1. The number of hydrogen-bond donors (Lipinski definition) is 2. The van der Waals surface area contributed by atoms with Crippen LogP contribution < -0.4 is 10.2 Å². The van der Waals surface area contributed by atoms with Gasteiger partial charge in [-0.3, -0.25) is 4.79 Å². The number of carbonyl (C=O) groups is 1. The summed E-state index contributed by atoms with van der Waals surface area (Å²) < 4.78 is 0.959. The van der Waals surface area contributed by atoms with Gasteiger partial charge in [0.1, 0.15) is 6.54 Å². The molecule has 0 aliphatic rings. The smallest absolute Gasteiger partial charge is 0.279 e. The van der Waals surface area contributed by atoms with Crippen molar-refractivity contribution in [3.05, 3.63) is 64.1 Å². The Hall–Kier alpha value is -1.65. The van der Waals surface area contributed by atoms with E-state index in [1.165, 1.54) is 11.1 Å². The van der Waals surface area contributed by atoms with Gasteiger partial charge in [-0.2, -0.15) is 0 Å². The van der Waals surface area contributed by atoms with Gasteiger partial charge in [0.2, 0.25) is 0 Å². The summed E-state index contributed by atoms with van der Waals surface area (Å²) in [7, 11) is 2.03. The van der Waals surface area contributed by atoms with Crippen LogP contribution in [0.3, 0.4) is 0 Å². The number of halogens is 1. The van der Waals surface area contributed by atoms with Gasteiger partial charge < -0.3 is 10.2 Å². The highest BCUT2D eigenvalue weighted by Gasteiger charge is 2.11. The average molecular weight is 348 g/mol. The van der Waals surface area contributed by atoms with E-state index in [0.29, 0.717) is 6.54 Å². The number of nitrogens with one attached hydrogen (secondary N) is 2. The molecule has 0 spiro atoms. The zero-order valence-electron chi connectivity index (χ0n) is 12.3. The Labute approximate surface area is 134 Å². The van der Waals surface area contributed by atoms with Gasteiger partial charge in [-0.1, -0.05) is 46.3 Å². The van der Waals surface area contributed by atoms with Gasteiger partial charge in [0.15, 0.2) is 6.54 Å². The summed E-state index contributed by atoms with van der Waals surface area (Å²) in [6.07, 6.45) is 0. The zero-order chi connectivity index (χ0) is 15.2. The third kappa shape index (κ3) is 4.99. The van der Waals surface area contributed by atoms with Gasteiger partial charge in [0.25, 0.3) is 5.91 Å². The van der Waals surface area contributed by atoms with Gasteiger partial charge in [-0.15, -0.1) is 0 Å². The van der Waals surface area contributed by atoms with Crippen molar-refractivity contribution in [2.75, 3.05) is 18.9 Å². The summed E-state index contributed by atoms with van der Waals surface area (Å²) in [6, 6.07) is 15.9. The van der Waals surface area contributed by atoms with Crippen molar-refractivity contribution in [1.29, 1.82) is 0 Å². The number of likely N-dealkylation sites (N-methyl/N-ethyl adjacent to an activating group) is 1. The highest BCUT2D eigenvalue weighted by atomic mass is 79.9. The molecule has 3 nitrogen and oxygen atoms in total. The molecule has 0 saturated heterocycles. The fraction of sp³-hybridized carbons (Fsp3) is 0.235. The molecule has 1 unspecified atom stereocenters. The topological polar surface area (TPSA) is 33.5 Å². The molecule has 110 valence electrons. The maximum atomic E-state index is 12.1. The van der Waals surface area contributed by atoms with Crippen LogP contribution in [0, 0.1) is 6.92 Å². The second-order valence-electron chi connectivity index (χ2n) is 5.30. The van der Waals surface area contributed by atoms with Crippen molar-refractivity contribution in [2.24, 2.45) is 0 Å². The van der Waals surface area contributed by atoms with Gasteiger partial charge in [0, 0.05) is 15.7 Å². The number of quaternary nitrogens is 1. The van der Waals surface area contributed by atoms with Crippen molar-refractivity contribution in [3.8, 4) is 0 Å². The van der Waals surface area contributed by atoms with Crippen LogP contribution in [0.15, 0.2) is 53.0 Å². The quantitative estimate of drug-likeness (QED) is 0.855. The number of carbonyl (C=O) groups excluding carboxylic acids is 1. The van der Waals surface area contributed by atoms with Gasteiger partial charge in [-0.25, -0.2) is 0 Å². The maximum absolute atomic E-state index is 12.1. The summed E-state index contributed by atoms with van der Waals surface area (Å²) in [6.45, 7) is 3.39. The van der Waals surface area contributed by atoms with Crippen molar-refractivity contribution >= 4 is 27.5 Å². The lowest BCUT2D eigenvalue weighted by molar-refractivity contribution is -0.885. The Morgan fingerprint density at radius 1 is 1.19 bits per heavy atom. The first-order chi connectivity index (χ1) is 10.0. The van der Waals surface area contributed by atoms with Crippen LogP contribution in [0.5, 0.6) is 0 Å². The minimum Gasteiger partial charge on any atom is -0.326 e. The molecule has 0 heterocycles. The highest BCUT2D eigenvalue weighted by molar-refractivity contribution is 9.10. The molecule has 0 bridgehead atoms. The predicted octanol–water partition coefficient (Wildman–Crippen LogP) is 2.41. The number of benzene rings is 2. The Kier molecular flexibility index (Phi) is 5.53. The average Bonchev–Trinajstić information content (AvgIpc) is 2.41. The predicted molar refractivity (Wildman–Crippen MR) is 89.4 cm³/mol. The Bertz CT molecular complexity index is 628. The van der Waals surface area contributed by atoms with E-state index in [9.17, 15) is 4.79 Å². The summed E-state index contributed by atoms with van der Waals surface area (Å²) in [4.78, 5) is 13.2. The molecule has 1 amide bonds. The number of anilines is 1. The normalized spacial score (nSPS) is 12.0. The first-order valence-corrected chi connectivity index (χ1v) is 7.75. The van der Waals surface area contributed by atoms with E-state index in [1.807, 2.05) is 43.4 Å². The Morgan fingerprint density at radius 3 is 2.67 bits per heavy atom. The first-order valence-electron chi connectivity index (χ1n) is 6.96. The minimum absolute atomic E-state index is 0.0270. The molecule has 0 radical (unpaired) electrons. The third-order valence-electron chi connectivity index (χ3n) is 3.32. The molecule has 0 aromatic heterocycles. The fourth-order valence-electron chi connectivity index (χ4n) is 2.24. The highest BCUT2D eigenvalue weighted by Crippen LogP contribution is 2.15. The van der Waals surface area contributed by atoms with E-state index in [0.717, 1.165) is 21.6 Å². The molecular weight excluding hydrogens is 328 g/mol. The molecule has 21 heavy (non-hydrogen) atoms. The molecule has 0 aliphatic carbocycles. The van der Waals surface area contributed by atoms with Gasteiger partial charge >= 0.3 is 0 Å². The van der Waals surface area contributed by atoms with Gasteiger partial charge in [-0.05, 0) is 30.7 Å². The van der Waals surface area contributed by atoms with Crippen LogP contribution >= 0.6 is 15.9 Å². The maximum Gasteiger partial charge on any atom is 0.279 e. The summed E-state index contributed by atoms with van der Waals surface area (Å²) in [5, 5.41) is 2.92. The fourth-order valence-corrected chi connectivity index (χ4v) is 2.64. The summed E-state index contributed by atoms with van der Waals surface area (Å²) >= 11 is 3.40. The standard InChI is InChI=1S/C17H19BrN2O/c1-13-6-3-4-7-14(13)11-20(2)12-17(21)19-16-9-5-8-15(18)10-16/h3-10H,11-12H2,1-2H3,(H,19,21)/p+1. The van der Waals surface area contributed by atoms with E-state index in [1.54, 1.807) is 0 Å². The Balaban J connectivity index is 1.89. The molecule has 1 atom stereocenters. The summed E-state index contributed by atoms with van der Waals surface area (Å²) in [5.41, 5.74) is 3.37. The number of amides is 1.